The minimum Gasteiger partial charge on any atom is -0.506 e. The molecule has 0 aliphatic carbocycles. The zero-order chi connectivity index (χ0) is 14.7. The zero-order valence-electron chi connectivity index (χ0n) is 11.4. The first-order chi connectivity index (χ1) is 9.49. The summed E-state index contributed by atoms with van der Waals surface area (Å²) in [5.74, 6) is -1.16. The maximum absolute atomic E-state index is 11.5. The van der Waals surface area contributed by atoms with Gasteiger partial charge in [-0.1, -0.05) is 30.3 Å². The molecular formula is C15H12I2NaO3. The summed E-state index contributed by atoms with van der Waals surface area (Å²) in [6.07, 6.45) is 0.408. The fourth-order valence-electron chi connectivity index (χ4n) is 2.00. The Morgan fingerprint density at radius 3 is 2.10 bits per heavy atom. The number of hydrogen-bond donors (Lipinski definition) is 2. The van der Waals surface area contributed by atoms with Gasteiger partial charge in [0.25, 0.3) is 0 Å². The largest absolute Gasteiger partial charge is 0.506 e. The fourth-order valence-corrected chi connectivity index (χ4v) is 3.90. The van der Waals surface area contributed by atoms with Gasteiger partial charge in [0.2, 0.25) is 0 Å². The number of hydrogen-bond acceptors (Lipinski definition) is 2. The normalized spacial score (nSPS) is 11.5. The molecule has 2 N–H and O–H groups in total. The number of carboxylic acid groups (broad SMARTS) is 1. The second-order valence-corrected chi connectivity index (χ2v) is 6.74. The molecule has 0 aromatic heterocycles. The second kappa shape index (κ2) is 8.71. The molecule has 1 atom stereocenters. The van der Waals surface area contributed by atoms with Crippen LogP contribution in [-0.4, -0.2) is 45.7 Å². The molecule has 1 unspecified atom stereocenters. The van der Waals surface area contributed by atoms with Gasteiger partial charge in [0, 0.05) is 29.6 Å². The molecule has 3 nitrogen and oxygen atoms in total. The van der Waals surface area contributed by atoms with E-state index < -0.39 is 11.9 Å². The first kappa shape index (κ1) is 19.2. The molecule has 2 aromatic carbocycles. The van der Waals surface area contributed by atoms with Gasteiger partial charge in [0.15, 0.2) is 0 Å². The Bertz CT molecular complexity index is 609. The van der Waals surface area contributed by atoms with Crippen molar-refractivity contribution in [1.82, 2.24) is 0 Å². The average molecular weight is 517 g/mol. The minimum absolute atomic E-state index is 0. The van der Waals surface area contributed by atoms with Crippen molar-refractivity contribution in [3.05, 3.63) is 60.7 Å². The Hall–Kier alpha value is 0.170. The van der Waals surface area contributed by atoms with Gasteiger partial charge in [0.05, 0.1) is 13.1 Å². The summed E-state index contributed by atoms with van der Waals surface area (Å²) in [5, 5.41) is 19.2. The third-order valence-corrected chi connectivity index (χ3v) is 4.66. The van der Waals surface area contributed by atoms with E-state index in [1.54, 1.807) is 0 Å². The van der Waals surface area contributed by atoms with E-state index >= 15 is 0 Å². The molecule has 105 valence electrons. The van der Waals surface area contributed by atoms with E-state index in [0.717, 1.165) is 18.3 Å². The molecule has 0 fully saturated rings. The molecule has 0 aliphatic rings. The van der Waals surface area contributed by atoms with Crippen LogP contribution in [0.25, 0.3) is 0 Å². The number of aliphatic carboxylic acids is 1. The second-order valence-electron chi connectivity index (χ2n) is 4.41. The Kier molecular flexibility index (Phi) is 7.97. The number of rotatable bonds is 4. The van der Waals surface area contributed by atoms with Crippen molar-refractivity contribution < 1.29 is 15.0 Å². The standard InChI is InChI=1S/C15H12I2O3.Na/c16-12-7-9(8-13(17)14(12)18)6-11(15(19)20)10-4-2-1-3-5-10;/h1-5,7-8,11,18H,6H2,(H,19,20);. The van der Waals surface area contributed by atoms with Crippen LogP contribution in [0.1, 0.15) is 17.0 Å². The van der Waals surface area contributed by atoms with E-state index in [9.17, 15) is 15.0 Å². The maximum atomic E-state index is 11.5. The van der Waals surface area contributed by atoms with Crippen LogP contribution < -0.4 is 0 Å². The fraction of sp³-hybridized carbons (Fsp3) is 0.133. The smallest absolute Gasteiger partial charge is 0.311 e. The molecule has 0 spiro atoms. The molecule has 0 aliphatic heterocycles. The summed E-state index contributed by atoms with van der Waals surface area (Å²) in [5.41, 5.74) is 1.70. The molecule has 6 heteroatoms. The van der Waals surface area contributed by atoms with Crippen LogP contribution in [0.5, 0.6) is 5.75 Å². The quantitative estimate of drug-likeness (QED) is 0.482. The predicted molar refractivity (Wildman–Crippen MR) is 99.8 cm³/mol. The van der Waals surface area contributed by atoms with Gasteiger partial charge in [-0.15, -0.1) is 0 Å². The van der Waals surface area contributed by atoms with E-state index in [-0.39, 0.29) is 35.3 Å². The Morgan fingerprint density at radius 2 is 1.62 bits per heavy atom. The molecule has 0 bridgehead atoms. The first-order valence-electron chi connectivity index (χ1n) is 5.93. The van der Waals surface area contributed by atoms with Gasteiger partial charge in [-0.05, 0) is 74.9 Å². The van der Waals surface area contributed by atoms with Gasteiger partial charge in [-0.25, -0.2) is 0 Å². The average Bonchev–Trinajstić information content (AvgIpc) is 2.42. The number of phenolic OH excluding ortho intramolecular Hbond substituents is 1. The van der Waals surface area contributed by atoms with Crippen LogP contribution in [0.3, 0.4) is 0 Å². The van der Waals surface area contributed by atoms with E-state index in [4.69, 9.17) is 0 Å². The summed E-state index contributed by atoms with van der Waals surface area (Å²) in [7, 11) is 0. The number of carbonyl (C=O) groups is 1. The molecule has 0 amide bonds. The van der Waals surface area contributed by atoms with Crippen molar-refractivity contribution in [3.63, 3.8) is 0 Å². The van der Waals surface area contributed by atoms with Crippen LogP contribution >= 0.6 is 45.2 Å². The van der Waals surface area contributed by atoms with Gasteiger partial charge in [-0.2, -0.15) is 0 Å². The van der Waals surface area contributed by atoms with E-state index in [1.165, 1.54) is 0 Å². The summed E-state index contributed by atoms with van der Waals surface area (Å²) < 4.78 is 1.48. The van der Waals surface area contributed by atoms with E-state index in [2.05, 4.69) is 45.2 Å². The van der Waals surface area contributed by atoms with E-state index in [0.29, 0.717) is 6.42 Å². The van der Waals surface area contributed by atoms with E-state index in [1.807, 2.05) is 42.5 Å². The van der Waals surface area contributed by atoms with Crippen molar-refractivity contribution in [2.75, 3.05) is 0 Å². The third kappa shape index (κ3) is 5.09. The van der Waals surface area contributed by atoms with Crippen molar-refractivity contribution in [3.8, 4) is 5.75 Å². The number of halogens is 2. The monoisotopic (exact) mass is 517 g/mol. The van der Waals surface area contributed by atoms with Gasteiger partial charge in [-0.3, -0.25) is 4.79 Å². The third-order valence-electron chi connectivity index (χ3n) is 3.02. The van der Waals surface area contributed by atoms with Gasteiger partial charge in [0.1, 0.15) is 5.75 Å². The molecular weight excluding hydrogens is 505 g/mol. The van der Waals surface area contributed by atoms with Gasteiger partial charge < -0.3 is 10.2 Å². The van der Waals surface area contributed by atoms with Gasteiger partial charge >= 0.3 is 5.97 Å². The van der Waals surface area contributed by atoms with Crippen LogP contribution in [0.4, 0.5) is 0 Å². The number of aromatic hydroxyl groups is 1. The number of phenols is 1. The Morgan fingerprint density at radius 1 is 1.10 bits per heavy atom. The number of benzene rings is 2. The SMILES string of the molecule is O=C(O)C(Cc1cc(I)c(O)c(I)c1)c1ccccc1.[Na]. The summed E-state index contributed by atoms with van der Waals surface area (Å²) in [6.45, 7) is 0. The number of carboxylic acids is 1. The Balaban J connectivity index is 0.00000220. The molecule has 2 rings (SSSR count). The first-order valence-corrected chi connectivity index (χ1v) is 8.09. The zero-order valence-corrected chi connectivity index (χ0v) is 17.7. The van der Waals surface area contributed by atoms with Crippen molar-refractivity contribution >= 4 is 80.7 Å². The molecule has 0 heterocycles. The Labute approximate surface area is 172 Å². The topological polar surface area (TPSA) is 57.5 Å². The molecule has 0 saturated heterocycles. The predicted octanol–water partition coefficient (Wildman–Crippen LogP) is 3.63. The molecule has 1 radical (unpaired) electrons. The maximum Gasteiger partial charge on any atom is 0.311 e. The van der Waals surface area contributed by atoms with Crippen LogP contribution in [0, 0.1) is 7.14 Å². The molecule has 2 aromatic rings. The molecule has 0 saturated carbocycles. The summed E-state index contributed by atoms with van der Waals surface area (Å²) in [4.78, 5) is 11.5. The van der Waals surface area contributed by atoms with Crippen LogP contribution in [-0.2, 0) is 11.2 Å². The van der Waals surface area contributed by atoms with Crippen molar-refractivity contribution in [2.24, 2.45) is 0 Å². The molecule has 21 heavy (non-hydrogen) atoms. The van der Waals surface area contributed by atoms with Crippen LogP contribution in [0.2, 0.25) is 0 Å². The van der Waals surface area contributed by atoms with Crippen molar-refractivity contribution in [2.45, 2.75) is 12.3 Å². The summed E-state index contributed by atoms with van der Waals surface area (Å²) in [6, 6.07) is 12.9. The minimum atomic E-state index is -0.839. The summed E-state index contributed by atoms with van der Waals surface area (Å²) >= 11 is 4.10. The van der Waals surface area contributed by atoms with Crippen molar-refractivity contribution in [1.29, 1.82) is 0 Å². The van der Waals surface area contributed by atoms with Crippen LogP contribution in [0.15, 0.2) is 42.5 Å².